The number of amides is 1. The van der Waals surface area contributed by atoms with Crippen LogP contribution in [0.25, 0.3) is 0 Å². The van der Waals surface area contributed by atoms with Gasteiger partial charge in [-0.1, -0.05) is 0 Å². The van der Waals surface area contributed by atoms with Crippen molar-refractivity contribution in [3.63, 3.8) is 0 Å². The lowest BCUT2D eigenvalue weighted by Gasteiger charge is -2.24. The minimum atomic E-state index is -0.415. The first-order valence-electron chi connectivity index (χ1n) is 9.10. The van der Waals surface area contributed by atoms with E-state index in [1.54, 1.807) is 48.4 Å². The topological polar surface area (TPSA) is 96.2 Å². The molecule has 0 unspecified atom stereocenters. The zero-order valence-electron chi connectivity index (χ0n) is 15.7. The summed E-state index contributed by atoms with van der Waals surface area (Å²) < 4.78 is 5.12. The minimum Gasteiger partial charge on any atom is -0.497 e. The molecule has 3 rings (SSSR count). The number of aliphatic hydroxyl groups is 1. The third-order valence-corrected chi connectivity index (χ3v) is 4.88. The van der Waals surface area contributed by atoms with E-state index in [1.807, 2.05) is 4.90 Å². The Balaban J connectivity index is 1.76. The molecule has 0 saturated carbocycles. The summed E-state index contributed by atoms with van der Waals surface area (Å²) in [5.74, 6) is 0.623. The van der Waals surface area contributed by atoms with Gasteiger partial charge >= 0.3 is 0 Å². The number of carbonyl (C=O) groups is 1. The van der Waals surface area contributed by atoms with Gasteiger partial charge in [-0.3, -0.25) is 14.9 Å². The zero-order valence-corrected chi connectivity index (χ0v) is 15.7. The second-order valence-electron chi connectivity index (χ2n) is 6.60. The van der Waals surface area contributed by atoms with Crippen LogP contribution < -0.4 is 9.64 Å². The third kappa shape index (κ3) is 4.23. The highest BCUT2D eigenvalue weighted by atomic mass is 16.6. The maximum atomic E-state index is 12.8. The second-order valence-corrected chi connectivity index (χ2v) is 6.60. The van der Waals surface area contributed by atoms with Gasteiger partial charge in [0.2, 0.25) is 0 Å². The molecule has 8 heteroatoms. The number of nitro groups is 1. The van der Waals surface area contributed by atoms with Crippen LogP contribution in [0.2, 0.25) is 0 Å². The highest BCUT2D eigenvalue weighted by Gasteiger charge is 2.25. The van der Waals surface area contributed by atoms with Crippen molar-refractivity contribution < 1.29 is 19.6 Å². The average molecular weight is 385 g/mol. The average Bonchev–Trinajstić information content (AvgIpc) is 2.99. The molecule has 0 aromatic heterocycles. The Morgan fingerprint density at radius 3 is 2.54 bits per heavy atom. The number of hydrogen-bond acceptors (Lipinski definition) is 6. The number of ether oxygens (including phenoxy) is 1. The van der Waals surface area contributed by atoms with Gasteiger partial charge in [-0.05, 0) is 48.4 Å². The van der Waals surface area contributed by atoms with Crippen molar-refractivity contribution in [2.45, 2.75) is 13.0 Å². The summed E-state index contributed by atoms with van der Waals surface area (Å²) in [5.41, 5.74) is 1.70. The molecule has 1 amide bonds. The van der Waals surface area contributed by atoms with Crippen molar-refractivity contribution in [1.29, 1.82) is 0 Å². The van der Waals surface area contributed by atoms with E-state index in [2.05, 4.69) is 0 Å². The van der Waals surface area contributed by atoms with Crippen molar-refractivity contribution in [1.82, 2.24) is 4.90 Å². The Kier molecular flexibility index (Phi) is 6.10. The molecule has 1 aliphatic rings. The Morgan fingerprint density at radius 2 is 1.89 bits per heavy atom. The minimum absolute atomic E-state index is 0.00660. The number of aliphatic hydroxyl groups excluding tert-OH is 1. The van der Waals surface area contributed by atoms with Crippen LogP contribution in [0.5, 0.6) is 5.75 Å². The normalized spacial score (nSPS) is 14.5. The molecule has 0 bridgehead atoms. The van der Waals surface area contributed by atoms with Crippen LogP contribution >= 0.6 is 0 Å². The van der Waals surface area contributed by atoms with Crippen LogP contribution in [0.3, 0.4) is 0 Å². The molecule has 0 radical (unpaired) electrons. The van der Waals surface area contributed by atoms with Gasteiger partial charge in [-0.2, -0.15) is 0 Å². The van der Waals surface area contributed by atoms with Crippen LogP contribution in [-0.4, -0.2) is 54.1 Å². The van der Waals surface area contributed by atoms with E-state index >= 15 is 0 Å². The van der Waals surface area contributed by atoms with Gasteiger partial charge in [0.05, 0.1) is 18.6 Å². The third-order valence-electron chi connectivity index (χ3n) is 4.88. The van der Waals surface area contributed by atoms with E-state index < -0.39 is 4.92 Å². The fourth-order valence-corrected chi connectivity index (χ4v) is 3.35. The van der Waals surface area contributed by atoms with Crippen LogP contribution in [-0.2, 0) is 6.61 Å². The highest BCUT2D eigenvalue weighted by molar-refractivity contribution is 5.94. The van der Waals surface area contributed by atoms with E-state index in [9.17, 15) is 20.0 Å². The maximum absolute atomic E-state index is 12.8. The molecule has 1 fully saturated rings. The van der Waals surface area contributed by atoms with E-state index in [0.29, 0.717) is 55.2 Å². The molecule has 28 heavy (non-hydrogen) atoms. The molecular formula is C20H23N3O5. The molecule has 1 saturated heterocycles. The number of anilines is 1. The summed E-state index contributed by atoms with van der Waals surface area (Å²) in [7, 11) is 1.57. The Bertz CT molecular complexity index is 853. The molecule has 1 heterocycles. The SMILES string of the molecule is COc1ccc(C(=O)N2CCCN(c3cc(CO)ccc3[N+](=O)[O-])CC2)cc1. The number of carbonyl (C=O) groups excluding carboxylic acids is 1. The predicted molar refractivity (Wildman–Crippen MR) is 105 cm³/mol. The smallest absolute Gasteiger partial charge is 0.292 e. The first-order valence-corrected chi connectivity index (χ1v) is 9.10. The monoisotopic (exact) mass is 385 g/mol. The summed E-state index contributed by atoms with van der Waals surface area (Å²) >= 11 is 0. The van der Waals surface area contributed by atoms with Crippen molar-refractivity contribution >= 4 is 17.3 Å². The second kappa shape index (κ2) is 8.71. The molecule has 2 aromatic carbocycles. The van der Waals surface area contributed by atoms with Gasteiger partial charge in [0, 0.05) is 37.8 Å². The quantitative estimate of drug-likeness (QED) is 0.627. The maximum Gasteiger partial charge on any atom is 0.292 e. The molecule has 0 atom stereocenters. The van der Waals surface area contributed by atoms with E-state index in [4.69, 9.17) is 4.74 Å². The van der Waals surface area contributed by atoms with Crippen LogP contribution in [0.1, 0.15) is 22.3 Å². The number of hydrogen-bond donors (Lipinski definition) is 1. The summed E-state index contributed by atoms with van der Waals surface area (Å²) in [6.07, 6.45) is 0.697. The Morgan fingerprint density at radius 1 is 1.14 bits per heavy atom. The lowest BCUT2D eigenvalue weighted by molar-refractivity contribution is -0.384. The van der Waals surface area contributed by atoms with Crippen molar-refractivity contribution in [3.05, 3.63) is 63.7 Å². The molecule has 1 aliphatic heterocycles. The van der Waals surface area contributed by atoms with Crippen LogP contribution in [0, 0.1) is 10.1 Å². The molecule has 148 valence electrons. The molecule has 1 N–H and O–H groups in total. The van der Waals surface area contributed by atoms with Crippen LogP contribution in [0.4, 0.5) is 11.4 Å². The van der Waals surface area contributed by atoms with Gasteiger partial charge in [-0.25, -0.2) is 0 Å². The number of rotatable bonds is 5. The van der Waals surface area contributed by atoms with Gasteiger partial charge in [0.15, 0.2) is 0 Å². The molecular weight excluding hydrogens is 362 g/mol. The number of methoxy groups -OCH3 is 1. The first-order chi connectivity index (χ1) is 13.5. The van der Waals surface area contributed by atoms with E-state index in [-0.39, 0.29) is 18.2 Å². The van der Waals surface area contributed by atoms with Gasteiger partial charge in [0.1, 0.15) is 11.4 Å². The lowest BCUT2D eigenvalue weighted by atomic mass is 10.1. The van der Waals surface area contributed by atoms with Crippen LogP contribution in [0.15, 0.2) is 42.5 Å². The number of nitro benzene ring substituents is 1. The van der Waals surface area contributed by atoms with E-state index in [0.717, 1.165) is 0 Å². The zero-order chi connectivity index (χ0) is 20.1. The lowest BCUT2D eigenvalue weighted by Crippen LogP contribution is -2.35. The fourth-order valence-electron chi connectivity index (χ4n) is 3.35. The number of benzene rings is 2. The Hall–Kier alpha value is -3.13. The summed E-state index contributed by atoms with van der Waals surface area (Å²) in [5, 5.41) is 20.8. The van der Waals surface area contributed by atoms with Gasteiger partial charge in [-0.15, -0.1) is 0 Å². The predicted octanol–water partition coefficient (Wildman–Crippen LogP) is 2.45. The summed E-state index contributed by atoms with van der Waals surface area (Å²) in [6.45, 7) is 1.95. The van der Waals surface area contributed by atoms with Crippen molar-refractivity contribution in [2.75, 3.05) is 38.2 Å². The van der Waals surface area contributed by atoms with Gasteiger partial charge < -0.3 is 19.6 Å². The fraction of sp³-hybridized carbons (Fsp3) is 0.350. The summed E-state index contributed by atoms with van der Waals surface area (Å²) in [4.78, 5) is 27.5. The summed E-state index contributed by atoms with van der Waals surface area (Å²) in [6, 6.07) is 11.6. The van der Waals surface area contributed by atoms with Crippen molar-refractivity contribution in [3.8, 4) is 5.75 Å². The first kappa shape index (κ1) is 19.6. The molecule has 2 aromatic rings. The van der Waals surface area contributed by atoms with E-state index in [1.165, 1.54) is 6.07 Å². The molecule has 0 spiro atoms. The highest BCUT2D eigenvalue weighted by Crippen LogP contribution is 2.30. The van der Waals surface area contributed by atoms with Crippen molar-refractivity contribution in [2.24, 2.45) is 0 Å². The molecule has 8 nitrogen and oxygen atoms in total. The molecule has 0 aliphatic carbocycles. The largest absolute Gasteiger partial charge is 0.497 e. The standard InChI is InChI=1S/C20H23N3O5/c1-28-17-6-4-16(5-7-17)20(25)22-10-2-9-21(11-12-22)19-13-15(14-24)3-8-18(19)23(26)27/h3-8,13,24H,2,9-12,14H2,1H3. The number of nitrogens with zero attached hydrogens (tertiary/aromatic N) is 3. The Labute approximate surface area is 163 Å². The van der Waals surface area contributed by atoms with Gasteiger partial charge in [0.25, 0.3) is 11.6 Å².